The summed E-state index contributed by atoms with van der Waals surface area (Å²) in [7, 11) is 0. The fraction of sp³-hybridized carbons (Fsp3) is 0.321. The van der Waals surface area contributed by atoms with Crippen molar-refractivity contribution in [3.63, 3.8) is 0 Å². The summed E-state index contributed by atoms with van der Waals surface area (Å²) in [6.07, 6.45) is 2.27. The number of Topliss-reactive ketones (excluding diaryl/α,β-unsaturated/α-hetero) is 3. The van der Waals surface area contributed by atoms with Gasteiger partial charge >= 0.3 is 0 Å². The molecule has 0 aliphatic heterocycles. The van der Waals surface area contributed by atoms with E-state index in [2.05, 4.69) is 39.3 Å². The lowest BCUT2D eigenvalue weighted by atomic mass is 10.1. The van der Waals surface area contributed by atoms with Gasteiger partial charge in [-0.2, -0.15) is 0 Å². The molecule has 0 atom stereocenters. The van der Waals surface area contributed by atoms with Crippen molar-refractivity contribution in [3.05, 3.63) is 64.9 Å². The minimum absolute atomic E-state index is 0.0253. The second-order valence-electron chi connectivity index (χ2n) is 9.21. The number of nitrogens with zero attached hydrogens (tertiary/aromatic N) is 6. The van der Waals surface area contributed by atoms with Gasteiger partial charge in [0.05, 0.1) is 17.4 Å². The van der Waals surface area contributed by atoms with Crippen molar-refractivity contribution in [2.45, 2.75) is 46.1 Å². The molecule has 0 amide bonds. The minimum Gasteiger partial charge on any atom is -0.486 e. The Balaban J connectivity index is 1.42. The third kappa shape index (κ3) is 5.49. The van der Waals surface area contributed by atoms with E-state index in [-0.39, 0.29) is 36.8 Å². The molecular formula is C28H28N6O4S. The number of benzene rings is 2. The number of ketones is 3. The fourth-order valence-electron chi connectivity index (χ4n) is 4.55. The summed E-state index contributed by atoms with van der Waals surface area (Å²) in [5.41, 5.74) is 3.63. The zero-order chi connectivity index (χ0) is 27.5. The molecule has 11 heteroatoms. The molecule has 0 spiro atoms. The molecule has 2 heterocycles. The third-order valence-electron chi connectivity index (χ3n) is 6.71. The van der Waals surface area contributed by atoms with Crippen LogP contribution in [0.5, 0.6) is 5.75 Å². The number of carbonyl (C=O) groups excluding carboxylic acids is 3. The van der Waals surface area contributed by atoms with E-state index in [0.717, 1.165) is 24.5 Å². The van der Waals surface area contributed by atoms with Crippen molar-refractivity contribution in [1.29, 1.82) is 0 Å². The van der Waals surface area contributed by atoms with E-state index in [1.165, 1.54) is 18.3 Å². The zero-order valence-electron chi connectivity index (χ0n) is 22.0. The summed E-state index contributed by atoms with van der Waals surface area (Å²) in [5, 5.41) is 17.9. The first-order chi connectivity index (χ1) is 18.9. The van der Waals surface area contributed by atoms with Crippen LogP contribution in [0, 0.1) is 0 Å². The van der Waals surface area contributed by atoms with Crippen LogP contribution >= 0.6 is 11.3 Å². The van der Waals surface area contributed by atoms with E-state index in [9.17, 15) is 14.4 Å². The molecule has 4 aromatic rings. The Bertz CT molecular complexity index is 1520. The van der Waals surface area contributed by atoms with Gasteiger partial charge in [0.15, 0.2) is 22.4 Å². The van der Waals surface area contributed by atoms with Crippen molar-refractivity contribution in [2.75, 3.05) is 18.0 Å². The molecule has 0 unspecified atom stereocenters. The molecule has 2 aromatic heterocycles. The van der Waals surface area contributed by atoms with Gasteiger partial charge in [-0.1, -0.05) is 28.7 Å². The number of aromatic nitrogens is 5. The van der Waals surface area contributed by atoms with E-state index in [0.29, 0.717) is 32.6 Å². The number of rotatable bonds is 10. The molecule has 1 aliphatic carbocycles. The lowest BCUT2D eigenvalue weighted by Gasteiger charge is -2.22. The van der Waals surface area contributed by atoms with Gasteiger partial charge in [-0.15, -0.1) is 15.3 Å². The van der Waals surface area contributed by atoms with E-state index in [1.54, 1.807) is 29.1 Å². The first-order valence-corrected chi connectivity index (χ1v) is 13.6. The molecule has 1 saturated carbocycles. The third-order valence-corrected chi connectivity index (χ3v) is 7.73. The van der Waals surface area contributed by atoms with Crippen molar-refractivity contribution >= 4 is 34.4 Å². The second kappa shape index (κ2) is 11.2. The Morgan fingerprint density at radius 3 is 2.54 bits per heavy atom. The summed E-state index contributed by atoms with van der Waals surface area (Å²) in [5.74, 6) is -0.463. The molecule has 39 heavy (non-hydrogen) atoms. The van der Waals surface area contributed by atoms with Crippen molar-refractivity contribution in [3.8, 4) is 22.0 Å². The number of hydrogen-bond donors (Lipinski definition) is 0. The molecule has 0 bridgehead atoms. The van der Waals surface area contributed by atoms with Crippen LogP contribution in [-0.4, -0.2) is 55.6 Å². The lowest BCUT2D eigenvalue weighted by Crippen LogP contribution is -2.21. The largest absolute Gasteiger partial charge is 0.486 e. The molecule has 1 fully saturated rings. The van der Waals surface area contributed by atoms with Crippen LogP contribution in [0.4, 0.5) is 5.69 Å². The van der Waals surface area contributed by atoms with Crippen molar-refractivity contribution in [1.82, 2.24) is 25.2 Å². The molecule has 10 nitrogen and oxygen atoms in total. The van der Waals surface area contributed by atoms with E-state index >= 15 is 0 Å². The molecule has 0 N–H and O–H groups in total. The minimum atomic E-state index is -0.813. The van der Waals surface area contributed by atoms with Gasteiger partial charge in [0.2, 0.25) is 0 Å². The van der Waals surface area contributed by atoms with Gasteiger partial charge < -0.3 is 9.64 Å². The van der Waals surface area contributed by atoms with Crippen LogP contribution in [0.3, 0.4) is 0 Å². The Morgan fingerprint density at radius 2 is 1.82 bits per heavy atom. The van der Waals surface area contributed by atoms with Crippen LogP contribution in [0.25, 0.3) is 16.3 Å². The predicted molar refractivity (Wildman–Crippen MR) is 147 cm³/mol. The SMILES string of the molecule is CCN(CC)c1ccc(-c2nnc(C3C(=O)CCC3=O)s2)c(OCc2cn(-c3cccc(C(C)=O)c3)nn2)c1. The first-order valence-electron chi connectivity index (χ1n) is 12.8. The predicted octanol–water partition coefficient (Wildman–Crippen LogP) is 4.43. The lowest BCUT2D eigenvalue weighted by molar-refractivity contribution is -0.123. The van der Waals surface area contributed by atoms with Crippen LogP contribution < -0.4 is 9.64 Å². The standard InChI is InChI=1S/C28H28N6O4S/c1-4-33(5-2)20-9-10-22(27-30-31-28(39-27)26-23(36)11-12-24(26)37)25(14-20)38-16-19-15-34(32-29-19)21-8-6-7-18(13-21)17(3)35/h6-10,13-15,26H,4-5,11-12,16H2,1-3H3. The molecule has 2 aromatic carbocycles. The summed E-state index contributed by atoms with van der Waals surface area (Å²) < 4.78 is 7.86. The van der Waals surface area contributed by atoms with Crippen LogP contribution in [0.2, 0.25) is 0 Å². The van der Waals surface area contributed by atoms with Crippen molar-refractivity contribution < 1.29 is 19.1 Å². The van der Waals surface area contributed by atoms with E-state index in [4.69, 9.17) is 4.74 Å². The van der Waals surface area contributed by atoms with E-state index < -0.39 is 5.92 Å². The van der Waals surface area contributed by atoms with E-state index in [1.807, 2.05) is 24.3 Å². The Kier molecular flexibility index (Phi) is 7.60. The highest BCUT2D eigenvalue weighted by Gasteiger charge is 2.37. The quantitative estimate of drug-likeness (QED) is 0.211. The highest BCUT2D eigenvalue weighted by atomic mass is 32.1. The van der Waals surface area contributed by atoms with Crippen LogP contribution in [-0.2, 0) is 16.2 Å². The highest BCUT2D eigenvalue weighted by Crippen LogP contribution is 2.39. The summed E-state index contributed by atoms with van der Waals surface area (Å²) >= 11 is 1.24. The Labute approximate surface area is 229 Å². The number of carbonyl (C=O) groups is 3. The van der Waals surface area contributed by atoms with Gasteiger partial charge in [0, 0.05) is 43.2 Å². The van der Waals surface area contributed by atoms with Crippen LogP contribution in [0.1, 0.15) is 60.6 Å². The fourth-order valence-corrected chi connectivity index (χ4v) is 5.57. The average Bonchev–Trinajstić information content (AvgIpc) is 3.69. The van der Waals surface area contributed by atoms with Crippen molar-refractivity contribution in [2.24, 2.45) is 0 Å². The smallest absolute Gasteiger partial charge is 0.159 e. The summed E-state index contributed by atoms with van der Waals surface area (Å²) in [4.78, 5) is 38.5. The second-order valence-corrected chi connectivity index (χ2v) is 10.2. The highest BCUT2D eigenvalue weighted by molar-refractivity contribution is 7.15. The Hall–Kier alpha value is -4.25. The number of ether oxygens (including phenoxy) is 1. The number of hydrogen-bond acceptors (Lipinski definition) is 10. The van der Waals surface area contributed by atoms with Gasteiger partial charge in [-0.3, -0.25) is 14.4 Å². The van der Waals surface area contributed by atoms with Gasteiger partial charge in [0.1, 0.15) is 29.0 Å². The van der Waals surface area contributed by atoms with Gasteiger partial charge in [-0.25, -0.2) is 4.68 Å². The molecule has 1 aliphatic rings. The normalized spacial score (nSPS) is 13.7. The maximum absolute atomic E-state index is 12.3. The maximum atomic E-state index is 12.3. The molecular weight excluding hydrogens is 516 g/mol. The first kappa shape index (κ1) is 26.4. The maximum Gasteiger partial charge on any atom is 0.159 e. The molecule has 0 radical (unpaired) electrons. The van der Waals surface area contributed by atoms with Gasteiger partial charge in [0.25, 0.3) is 0 Å². The molecule has 200 valence electrons. The number of anilines is 1. The Morgan fingerprint density at radius 1 is 1.05 bits per heavy atom. The molecule has 5 rings (SSSR count). The average molecular weight is 545 g/mol. The summed E-state index contributed by atoms with van der Waals surface area (Å²) in [6.45, 7) is 7.50. The molecule has 0 saturated heterocycles. The summed E-state index contributed by atoms with van der Waals surface area (Å²) in [6, 6.07) is 13.1. The van der Waals surface area contributed by atoms with Crippen LogP contribution in [0.15, 0.2) is 48.7 Å². The topological polar surface area (TPSA) is 120 Å². The zero-order valence-corrected chi connectivity index (χ0v) is 22.8. The monoisotopic (exact) mass is 544 g/mol. The van der Waals surface area contributed by atoms with Gasteiger partial charge in [-0.05, 0) is 45.0 Å².